The van der Waals surface area contributed by atoms with Gasteiger partial charge in [-0.15, -0.1) is 0 Å². The van der Waals surface area contributed by atoms with E-state index in [-0.39, 0.29) is 6.04 Å². The molecule has 90 valence electrons. The van der Waals surface area contributed by atoms with Crippen molar-refractivity contribution in [2.75, 3.05) is 0 Å². The van der Waals surface area contributed by atoms with Crippen LogP contribution in [0.15, 0.2) is 50.0 Å². The van der Waals surface area contributed by atoms with E-state index < -0.39 is 0 Å². The van der Waals surface area contributed by atoms with Crippen molar-refractivity contribution in [2.24, 2.45) is 5.84 Å². The third kappa shape index (κ3) is 3.19. The predicted molar refractivity (Wildman–Crippen MR) is 74.3 cm³/mol. The molecule has 2 rings (SSSR count). The van der Waals surface area contributed by atoms with E-state index in [1.165, 1.54) is 5.56 Å². The van der Waals surface area contributed by atoms with Crippen LogP contribution in [0.1, 0.15) is 17.4 Å². The Balaban J connectivity index is 2.16. The number of furan rings is 1. The molecule has 2 aromatic rings. The molecule has 1 unspecified atom stereocenters. The Morgan fingerprint density at radius 3 is 2.41 bits per heavy atom. The highest BCUT2D eigenvalue weighted by Gasteiger charge is 2.16. The van der Waals surface area contributed by atoms with Gasteiger partial charge in [0, 0.05) is 4.47 Å². The Hall–Kier alpha value is -0.620. The molecule has 17 heavy (non-hydrogen) atoms. The van der Waals surface area contributed by atoms with Crippen molar-refractivity contribution in [1.82, 2.24) is 5.43 Å². The summed E-state index contributed by atoms with van der Waals surface area (Å²) in [6, 6.07) is 9.97. The molecule has 0 spiro atoms. The SMILES string of the molecule is NNC(Cc1ccc(Br)cc1)c1occc1Br. The first-order chi connectivity index (χ1) is 8.20. The number of benzene rings is 1. The molecule has 0 saturated heterocycles. The lowest BCUT2D eigenvalue weighted by Gasteiger charge is -2.14. The lowest BCUT2D eigenvalue weighted by molar-refractivity contribution is 0.413. The van der Waals surface area contributed by atoms with Crippen molar-refractivity contribution >= 4 is 31.9 Å². The van der Waals surface area contributed by atoms with Gasteiger partial charge in [-0.25, -0.2) is 5.43 Å². The molecule has 0 fully saturated rings. The Morgan fingerprint density at radius 2 is 1.88 bits per heavy atom. The molecule has 0 saturated carbocycles. The molecule has 5 heteroatoms. The Kier molecular flexibility index (Phi) is 4.39. The maximum absolute atomic E-state index is 5.57. The molecule has 0 aliphatic heterocycles. The highest BCUT2D eigenvalue weighted by Crippen LogP contribution is 2.26. The van der Waals surface area contributed by atoms with Gasteiger partial charge < -0.3 is 4.42 Å². The molecule has 0 aliphatic rings. The van der Waals surface area contributed by atoms with Crippen LogP contribution in [-0.4, -0.2) is 0 Å². The maximum atomic E-state index is 5.57. The van der Waals surface area contributed by atoms with Crippen molar-refractivity contribution in [3.8, 4) is 0 Å². The molecular weight excluding hydrogens is 348 g/mol. The van der Waals surface area contributed by atoms with Crippen LogP contribution in [0.25, 0.3) is 0 Å². The average molecular weight is 360 g/mol. The summed E-state index contributed by atoms with van der Waals surface area (Å²) in [4.78, 5) is 0. The summed E-state index contributed by atoms with van der Waals surface area (Å²) in [5.74, 6) is 6.39. The summed E-state index contributed by atoms with van der Waals surface area (Å²) in [7, 11) is 0. The summed E-state index contributed by atoms with van der Waals surface area (Å²) in [5, 5.41) is 0. The van der Waals surface area contributed by atoms with Gasteiger partial charge in [0.25, 0.3) is 0 Å². The lowest BCUT2D eigenvalue weighted by atomic mass is 10.0. The minimum Gasteiger partial charge on any atom is -0.466 e. The van der Waals surface area contributed by atoms with E-state index in [4.69, 9.17) is 10.3 Å². The zero-order valence-electron chi connectivity index (χ0n) is 8.99. The summed E-state index contributed by atoms with van der Waals surface area (Å²) in [6.07, 6.45) is 2.42. The van der Waals surface area contributed by atoms with Gasteiger partial charge in [0.2, 0.25) is 0 Å². The second-order valence-electron chi connectivity index (χ2n) is 3.68. The lowest BCUT2D eigenvalue weighted by Crippen LogP contribution is -2.29. The van der Waals surface area contributed by atoms with Crippen LogP contribution in [0.3, 0.4) is 0 Å². The van der Waals surface area contributed by atoms with Gasteiger partial charge in [-0.1, -0.05) is 28.1 Å². The van der Waals surface area contributed by atoms with E-state index in [1.807, 2.05) is 18.2 Å². The average Bonchev–Trinajstić information content (AvgIpc) is 2.75. The first-order valence-electron chi connectivity index (χ1n) is 5.14. The van der Waals surface area contributed by atoms with E-state index in [2.05, 4.69) is 49.4 Å². The van der Waals surface area contributed by atoms with Gasteiger partial charge in [0.05, 0.1) is 16.8 Å². The molecule has 0 amide bonds. The number of rotatable bonds is 4. The van der Waals surface area contributed by atoms with Crippen LogP contribution in [-0.2, 0) is 6.42 Å². The van der Waals surface area contributed by atoms with Gasteiger partial charge in [-0.3, -0.25) is 5.84 Å². The smallest absolute Gasteiger partial charge is 0.136 e. The van der Waals surface area contributed by atoms with Crippen LogP contribution < -0.4 is 11.3 Å². The third-order valence-corrected chi connectivity index (χ3v) is 3.70. The van der Waals surface area contributed by atoms with E-state index in [0.717, 1.165) is 21.1 Å². The molecule has 0 aliphatic carbocycles. The Bertz CT molecular complexity index is 482. The number of hydrogen-bond acceptors (Lipinski definition) is 3. The van der Waals surface area contributed by atoms with Gasteiger partial charge in [-0.05, 0) is 46.1 Å². The molecule has 1 atom stereocenters. The van der Waals surface area contributed by atoms with Crippen molar-refractivity contribution in [3.05, 3.63) is 56.9 Å². The number of hydrogen-bond donors (Lipinski definition) is 2. The molecular formula is C12H12Br2N2O. The fraction of sp³-hybridized carbons (Fsp3) is 0.167. The number of nitrogens with one attached hydrogen (secondary N) is 1. The first-order valence-corrected chi connectivity index (χ1v) is 6.72. The Labute approximate surface area is 117 Å². The van der Waals surface area contributed by atoms with Crippen LogP contribution >= 0.6 is 31.9 Å². The number of hydrazine groups is 1. The highest BCUT2D eigenvalue weighted by molar-refractivity contribution is 9.10. The zero-order valence-corrected chi connectivity index (χ0v) is 12.2. The second kappa shape index (κ2) is 5.82. The fourth-order valence-corrected chi connectivity index (χ4v) is 2.38. The quantitative estimate of drug-likeness (QED) is 0.648. The molecule has 0 radical (unpaired) electrons. The summed E-state index contributed by atoms with van der Waals surface area (Å²) >= 11 is 6.85. The van der Waals surface area contributed by atoms with Gasteiger partial charge in [0.1, 0.15) is 5.76 Å². The molecule has 3 nitrogen and oxygen atoms in total. The summed E-state index contributed by atoms with van der Waals surface area (Å²) in [5.41, 5.74) is 3.97. The van der Waals surface area contributed by atoms with Crippen molar-refractivity contribution < 1.29 is 4.42 Å². The zero-order chi connectivity index (χ0) is 12.3. The van der Waals surface area contributed by atoms with E-state index in [9.17, 15) is 0 Å². The number of nitrogens with two attached hydrogens (primary N) is 1. The Morgan fingerprint density at radius 1 is 1.18 bits per heavy atom. The van der Waals surface area contributed by atoms with Crippen LogP contribution in [0.4, 0.5) is 0 Å². The van der Waals surface area contributed by atoms with E-state index >= 15 is 0 Å². The van der Waals surface area contributed by atoms with Crippen LogP contribution in [0.5, 0.6) is 0 Å². The molecule has 1 aromatic heterocycles. The van der Waals surface area contributed by atoms with Gasteiger partial charge in [-0.2, -0.15) is 0 Å². The molecule has 1 heterocycles. The van der Waals surface area contributed by atoms with E-state index in [0.29, 0.717) is 0 Å². The predicted octanol–water partition coefficient (Wildman–Crippen LogP) is 3.55. The summed E-state index contributed by atoms with van der Waals surface area (Å²) in [6.45, 7) is 0. The summed E-state index contributed by atoms with van der Waals surface area (Å²) < 4.78 is 7.41. The fourth-order valence-electron chi connectivity index (χ4n) is 1.64. The first kappa shape index (κ1) is 12.8. The minimum atomic E-state index is -0.0412. The topological polar surface area (TPSA) is 51.2 Å². The minimum absolute atomic E-state index is 0.0412. The second-order valence-corrected chi connectivity index (χ2v) is 5.45. The molecule has 0 bridgehead atoms. The normalized spacial score (nSPS) is 12.6. The van der Waals surface area contributed by atoms with Crippen LogP contribution in [0.2, 0.25) is 0 Å². The van der Waals surface area contributed by atoms with Gasteiger partial charge in [0.15, 0.2) is 0 Å². The third-order valence-electron chi connectivity index (χ3n) is 2.52. The van der Waals surface area contributed by atoms with Gasteiger partial charge >= 0.3 is 0 Å². The largest absolute Gasteiger partial charge is 0.466 e. The monoisotopic (exact) mass is 358 g/mol. The van der Waals surface area contributed by atoms with Crippen molar-refractivity contribution in [2.45, 2.75) is 12.5 Å². The molecule has 1 aromatic carbocycles. The van der Waals surface area contributed by atoms with E-state index in [1.54, 1.807) is 6.26 Å². The maximum Gasteiger partial charge on any atom is 0.136 e. The highest BCUT2D eigenvalue weighted by atomic mass is 79.9. The number of halogens is 2. The standard InChI is InChI=1S/C12H12Br2N2O/c13-9-3-1-8(2-4-9)7-11(16-15)12-10(14)5-6-17-12/h1-6,11,16H,7,15H2. The van der Waals surface area contributed by atoms with Crippen molar-refractivity contribution in [1.29, 1.82) is 0 Å². The van der Waals surface area contributed by atoms with Crippen LogP contribution in [0, 0.1) is 0 Å². The van der Waals surface area contributed by atoms with Crippen molar-refractivity contribution in [3.63, 3.8) is 0 Å². The molecule has 3 N–H and O–H groups in total.